The van der Waals surface area contributed by atoms with Crippen molar-refractivity contribution in [1.82, 2.24) is 15.1 Å². The Hall–Kier alpha value is -1.10. The number of hydrogen-bond donors (Lipinski definition) is 1. The fourth-order valence-corrected chi connectivity index (χ4v) is 2.27. The summed E-state index contributed by atoms with van der Waals surface area (Å²) in [5.41, 5.74) is 0. The Balaban J connectivity index is 2.54. The van der Waals surface area contributed by atoms with Crippen LogP contribution in [0.5, 0.6) is 0 Å². The Morgan fingerprint density at radius 3 is 2.41 bits per heavy atom. The first kappa shape index (κ1) is 14.0. The molecule has 1 rings (SSSR count). The van der Waals surface area contributed by atoms with Crippen molar-refractivity contribution in [3.05, 3.63) is 0 Å². The van der Waals surface area contributed by atoms with Gasteiger partial charge in [-0.15, -0.1) is 0 Å². The van der Waals surface area contributed by atoms with Gasteiger partial charge in [0.25, 0.3) is 0 Å². The van der Waals surface area contributed by atoms with Crippen LogP contribution in [0.15, 0.2) is 0 Å². The summed E-state index contributed by atoms with van der Waals surface area (Å²) in [6, 6.07) is 0.391. The Morgan fingerprint density at radius 1 is 1.35 bits per heavy atom. The van der Waals surface area contributed by atoms with Gasteiger partial charge in [0, 0.05) is 25.2 Å². The molecule has 5 nitrogen and oxygen atoms in total. The molecule has 0 unspecified atom stereocenters. The number of piperazine rings is 1. The summed E-state index contributed by atoms with van der Waals surface area (Å²) in [5.74, 6) is 0.106. The van der Waals surface area contributed by atoms with Gasteiger partial charge in [-0.3, -0.25) is 14.5 Å². The predicted octanol–water partition coefficient (Wildman–Crippen LogP) is 0.0636. The fourth-order valence-electron chi connectivity index (χ4n) is 2.27. The van der Waals surface area contributed by atoms with Crippen LogP contribution in [-0.4, -0.2) is 59.9 Å². The van der Waals surface area contributed by atoms with Gasteiger partial charge < -0.3 is 10.2 Å². The lowest BCUT2D eigenvalue weighted by Crippen LogP contribution is -2.53. The molecular weight excluding hydrogens is 218 g/mol. The minimum atomic E-state index is 0.00435. The maximum Gasteiger partial charge on any atom is 0.237 e. The average molecular weight is 241 g/mol. The van der Waals surface area contributed by atoms with Gasteiger partial charge in [-0.2, -0.15) is 0 Å². The largest absolute Gasteiger partial charge is 0.354 e. The molecule has 0 aromatic carbocycles. The van der Waals surface area contributed by atoms with Crippen LogP contribution in [0, 0.1) is 0 Å². The molecule has 0 radical (unpaired) electrons. The summed E-state index contributed by atoms with van der Waals surface area (Å²) in [4.78, 5) is 27.1. The van der Waals surface area contributed by atoms with Crippen LogP contribution >= 0.6 is 0 Å². The number of rotatable bonds is 4. The maximum atomic E-state index is 12.2. The second-order valence-electron chi connectivity index (χ2n) is 5.05. The first-order chi connectivity index (χ1) is 7.91. The van der Waals surface area contributed by atoms with Crippen LogP contribution in [0.25, 0.3) is 0 Å². The smallest absolute Gasteiger partial charge is 0.237 e. The Morgan fingerprint density at radius 2 is 1.94 bits per heavy atom. The third-order valence-corrected chi connectivity index (χ3v) is 2.88. The van der Waals surface area contributed by atoms with Crippen LogP contribution in [0.4, 0.5) is 0 Å². The predicted molar refractivity (Wildman–Crippen MR) is 66.6 cm³/mol. The van der Waals surface area contributed by atoms with E-state index in [4.69, 9.17) is 0 Å². The van der Waals surface area contributed by atoms with Gasteiger partial charge in [-0.05, 0) is 27.7 Å². The lowest BCUT2D eigenvalue weighted by atomic mass is 10.2. The quantitative estimate of drug-likeness (QED) is 0.757. The van der Waals surface area contributed by atoms with Gasteiger partial charge in [0.2, 0.25) is 11.8 Å². The molecule has 17 heavy (non-hydrogen) atoms. The van der Waals surface area contributed by atoms with E-state index in [1.165, 1.54) is 0 Å². The highest BCUT2D eigenvalue weighted by Crippen LogP contribution is 2.07. The first-order valence-electron chi connectivity index (χ1n) is 6.22. The van der Waals surface area contributed by atoms with Crippen LogP contribution in [0.3, 0.4) is 0 Å². The number of nitrogens with zero attached hydrogens (tertiary/aromatic N) is 2. The van der Waals surface area contributed by atoms with E-state index in [9.17, 15) is 9.59 Å². The van der Waals surface area contributed by atoms with E-state index < -0.39 is 0 Å². The average Bonchev–Trinajstić information content (AvgIpc) is 2.15. The van der Waals surface area contributed by atoms with Crippen molar-refractivity contribution in [2.45, 2.75) is 39.8 Å². The van der Waals surface area contributed by atoms with E-state index in [0.717, 1.165) is 6.54 Å². The van der Waals surface area contributed by atoms with Crippen molar-refractivity contribution in [2.24, 2.45) is 0 Å². The molecule has 1 saturated heterocycles. The number of carbonyl (C=O) groups excluding carboxylic acids is 2. The highest BCUT2D eigenvalue weighted by molar-refractivity contribution is 5.82. The lowest BCUT2D eigenvalue weighted by molar-refractivity contribution is -0.137. The molecule has 98 valence electrons. The van der Waals surface area contributed by atoms with E-state index in [0.29, 0.717) is 19.6 Å². The van der Waals surface area contributed by atoms with Gasteiger partial charge in [-0.25, -0.2) is 0 Å². The molecule has 1 aliphatic rings. The molecule has 0 saturated carbocycles. The summed E-state index contributed by atoms with van der Waals surface area (Å²) in [6.07, 6.45) is 0. The second kappa shape index (κ2) is 6.00. The zero-order chi connectivity index (χ0) is 13.0. The van der Waals surface area contributed by atoms with Crippen molar-refractivity contribution < 1.29 is 9.59 Å². The first-order valence-corrected chi connectivity index (χ1v) is 6.22. The summed E-state index contributed by atoms with van der Waals surface area (Å²) in [6.45, 7) is 10.1. The molecule has 0 bridgehead atoms. The summed E-state index contributed by atoms with van der Waals surface area (Å²) in [7, 11) is 0. The van der Waals surface area contributed by atoms with E-state index in [-0.39, 0.29) is 23.9 Å². The minimum absolute atomic E-state index is 0.00435. The molecule has 0 aliphatic carbocycles. The third-order valence-electron chi connectivity index (χ3n) is 2.88. The third kappa shape index (κ3) is 4.00. The van der Waals surface area contributed by atoms with Gasteiger partial charge in [0.15, 0.2) is 0 Å². The van der Waals surface area contributed by atoms with Gasteiger partial charge in [0.05, 0.1) is 13.1 Å². The highest BCUT2D eigenvalue weighted by Gasteiger charge is 2.24. The number of hydrogen-bond acceptors (Lipinski definition) is 3. The number of carbonyl (C=O) groups is 2. The molecule has 0 spiro atoms. The number of amides is 2. The van der Waals surface area contributed by atoms with E-state index in [1.807, 2.05) is 37.5 Å². The van der Waals surface area contributed by atoms with Crippen LogP contribution in [0.2, 0.25) is 0 Å². The molecule has 1 heterocycles. The highest BCUT2D eigenvalue weighted by atomic mass is 16.2. The second-order valence-corrected chi connectivity index (χ2v) is 5.05. The van der Waals surface area contributed by atoms with Crippen LogP contribution < -0.4 is 5.32 Å². The van der Waals surface area contributed by atoms with E-state index >= 15 is 0 Å². The van der Waals surface area contributed by atoms with Crippen molar-refractivity contribution in [3.63, 3.8) is 0 Å². The SMILES string of the molecule is CC(C)N(C(=O)CN1CCNC(=O)C1)C(C)C. The van der Waals surface area contributed by atoms with Crippen molar-refractivity contribution >= 4 is 11.8 Å². The monoisotopic (exact) mass is 241 g/mol. The molecule has 1 N–H and O–H groups in total. The van der Waals surface area contributed by atoms with Gasteiger partial charge in [-0.1, -0.05) is 0 Å². The topological polar surface area (TPSA) is 52.7 Å². The van der Waals surface area contributed by atoms with Gasteiger partial charge in [0.1, 0.15) is 0 Å². The zero-order valence-corrected chi connectivity index (χ0v) is 11.2. The van der Waals surface area contributed by atoms with Crippen LogP contribution in [-0.2, 0) is 9.59 Å². The summed E-state index contributed by atoms with van der Waals surface area (Å²) in [5, 5.41) is 2.75. The molecular formula is C12H23N3O2. The van der Waals surface area contributed by atoms with Crippen molar-refractivity contribution in [2.75, 3.05) is 26.2 Å². The minimum Gasteiger partial charge on any atom is -0.354 e. The standard InChI is InChI=1S/C12H23N3O2/c1-9(2)15(10(3)4)12(17)8-14-6-5-13-11(16)7-14/h9-10H,5-8H2,1-4H3,(H,13,16). The number of nitrogens with one attached hydrogen (secondary N) is 1. The summed E-state index contributed by atoms with van der Waals surface area (Å²) >= 11 is 0. The molecule has 0 aromatic heterocycles. The Kier molecular flexibility index (Phi) is 4.93. The summed E-state index contributed by atoms with van der Waals surface area (Å²) < 4.78 is 0. The van der Waals surface area contributed by atoms with Crippen molar-refractivity contribution in [1.29, 1.82) is 0 Å². The molecule has 0 aromatic rings. The molecule has 1 aliphatic heterocycles. The Bertz CT molecular complexity index is 281. The molecule has 2 amide bonds. The van der Waals surface area contributed by atoms with E-state index in [2.05, 4.69) is 5.32 Å². The normalized spacial score (nSPS) is 17.4. The Labute approximate surface area is 103 Å². The zero-order valence-electron chi connectivity index (χ0n) is 11.2. The molecule has 5 heteroatoms. The maximum absolute atomic E-state index is 12.2. The van der Waals surface area contributed by atoms with Gasteiger partial charge >= 0.3 is 0 Å². The lowest BCUT2D eigenvalue weighted by Gasteiger charge is -2.34. The molecule has 0 atom stereocenters. The van der Waals surface area contributed by atoms with Crippen LogP contribution in [0.1, 0.15) is 27.7 Å². The fraction of sp³-hybridized carbons (Fsp3) is 0.833. The van der Waals surface area contributed by atoms with Crippen molar-refractivity contribution in [3.8, 4) is 0 Å². The van der Waals surface area contributed by atoms with E-state index in [1.54, 1.807) is 0 Å². The molecule has 1 fully saturated rings.